The lowest BCUT2D eigenvalue weighted by Crippen LogP contribution is -2.50. The number of thiol groups is 1. The van der Waals surface area contributed by atoms with Gasteiger partial charge in [0, 0.05) is 12.2 Å². The highest BCUT2D eigenvalue weighted by Crippen LogP contribution is 1.98. The van der Waals surface area contributed by atoms with Crippen molar-refractivity contribution in [1.82, 2.24) is 5.32 Å². The number of rotatable bonds is 8. The molecule has 0 aromatic heterocycles. The van der Waals surface area contributed by atoms with E-state index in [1.165, 1.54) is 0 Å². The van der Waals surface area contributed by atoms with Gasteiger partial charge in [-0.1, -0.05) is 0 Å². The van der Waals surface area contributed by atoms with E-state index in [1.807, 2.05) is 0 Å². The molecule has 2 atom stereocenters. The Bertz CT molecular complexity index is 311. The summed E-state index contributed by atoms with van der Waals surface area (Å²) in [5, 5.41) is 2.41. The van der Waals surface area contributed by atoms with Crippen molar-refractivity contribution in [2.75, 3.05) is 12.4 Å². The highest BCUT2D eigenvalue weighted by molar-refractivity contribution is 7.80. The molecule has 0 aliphatic heterocycles. The molecule has 0 radical (unpaired) electrons. The number of amides is 2. The lowest BCUT2D eigenvalue weighted by Gasteiger charge is -2.17. The summed E-state index contributed by atoms with van der Waals surface area (Å²) in [5.41, 5.74) is 10.5. The monoisotopic (exact) mass is 277 g/mol. The largest absolute Gasteiger partial charge is 0.464 e. The normalized spacial score (nSPS) is 13.5. The van der Waals surface area contributed by atoms with Crippen molar-refractivity contribution in [2.24, 2.45) is 11.5 Å². The second kappa shape index (κ2) is 8.76. The van der Waals surface area contributed by atoms with Crippen molar-refractivity contribution in [3.05, 3.63) is 0 Å². The third-order valence-electron chi connectivity index (χ3n) is 2.11. The molecule has 8 heteroatoms. The molecule has 0 rings (SSSR count). The van der Waals surface area contributed by atoms with Gasteiger partial charge in [-0.05, 0) is 13.3 Å². The molecule has 0 bridgehead atoms. The first-order valence-electron chi connectivity index (χ1n) is 5.54. The fourth-order valence-electron chi connectivity index (χ4n) is 1.13. The van der Waals surface area contributed by atoms with Gasteiger partial charge in [0.1, 0.15) is 6.04 Å². The number of nitrogens with two attached hydrogens (primary N) is 2. The Labute approximate surface area is 111 Å². The van der Waals surface area contributed by atoms with Gasteiger partial charge in [0.25, 0.3) is 0 Å². The summed E-state index contributed by atoms with van der Waals surface area (Å²) in [7, 11) is 0. The topological polar surface area (TPSA) is 125 Å². The minimum absolute atomic E-state index is 0.0134. The molecule has 0 fully saturated rings. The average molecular weight is 277 g/mol. The Morgan fingerprint density at radius 2 is 2.00 bits per heavy atom. The summed E-state index contributed by atoms with van der Waals surface area (Å²) in [6.45, 7) is 1.88. The summed E-state index contributed by atoms with van der Waals surface area (Å²) in [6.07, 6.45) is 0.142. The second-order valence-electron chi connectivity index (χ2n) is 3.61. The first-order chi connectivity index (χ1) is 8.42. The van der Waals surface area contributed by atoms with Gasteiger partial charge in [0.05, 0.1) is 12.6 Å². The molecule has 2 amide bonds. The molecule has 0 aliphatic rings. The second-order valence-corrected chi connectivity index (χ2v) is 3.97. The van der Waals surface area contributed by atoms with Crippen LogP contribution in [-0.4, -0.2) is 42.2 Å². The number of hydrogen-bond acceptors (Lipinski definition) is 6. The summed E-state index contributed by atoms with van der Waals surface area (Å²) < 4.78 is 4.76. The van der Waals surface area contributed by atoms with E-state index >= 15 is 0 Å². The molecule has 0 saturated heterocycles. The quantitative estimate of drug-likeness (QED) is 0.319. The Hall–Kier alpha value is -1.28. The van der Waals surface area contributed by atoms with E-state index in [4.69, 9.17) is 16.2 Å². The molecule has 0 heterocycles. The minimum atomic E-state index is -0.894. The van der Waals surface area contributed by atoms with Crippen LogP contribution in [-0.2, 0) is 19.1 Å². The van der Waals surface area contributed by atoms with Crippen LogP contribution in [0.3, 0.4) is 0 Å². The maximum absolute atomic E-state index is 11.6. The smallest absolute Gasteiger partial charge is 0.329 e. The lowest BCUT2D eigenvalue weighted by molar-refractivity contribution is -0.146. The van der Waals surface area contributed by atoms with Crippen molar-refractivity contribution in [3.63, 3.8) is 0 Å². The highest BCUT2D eigenvalue weighted by atomic mass is 32.1. The van der Waals surface area contributed by atoms with Crippen molar-refractivity contribution >= 4 is 30.4 Å². The van der Waals surface area contributed by atoms with Gasteiger partial charge in [-0.2, -0.15) is 12.6 Å². The number of carbonyl (C=O) groups excluding carboxylic acids is 3. The van der Waals surface area contributed by atoms with Crippen molar-refractivity contribution in [2.45, 2.75) is 31.8 Å². The summed E-state index contributed by atoms with van der Waals surface area (Å²) in [5.74, 6) is -1.53. The lowest BCUT2D eigenvalue weighted by atomic mass is 10.1. The van der Waals surface area contributed by atoms with E-state index in [0.717, 1.165) is 0 Å². The Kier molecular flexibility index (Phi) is 8.14. The number of esters is 1. The van der Waals surface area contributed by atoms with Gasteiger partial charge in [-0.15, -0.1) is 0 Å². The number of primary amides is 1. The van der Waals surface area contributed by atoms with E-state index < -0.39 is 29.9 Å². The zero-order chi connectivity index (χ0) is 14.1. The van der Waals surface area contributed by atoms with E-state index in [0.29, 0.717) is 0 Å². The minimum Gasteiger partial charge on any atom is -0.464 e. The van der Waals surface area contributed by atoms with Crippen LogP contribution in [0.1, 0.15) is 19.8 Å². The van der Waals surface area contributed by atoms with Crippen LogP contribution in [0.25, 0.3) is 0 Å². The van der Waals surface area contributed by atoms with Gasteiger partial charge in [-0.25, -0.2) is 4.79 Å². The summed E-state index contributed by atoms with van der Waals surface area (Å²) in [4.78, 5) is 33.5. The van der Waals surface area contributed by atoms with Gasteiger partial charge in [-0.3, -0.25) is 9.59 Å². The first kappa shape index (κ1) is 16.7. The van der Waals surface area contributed by atoms with E-state index in [9.17, 15) is 14.4 Å². The molecule has 0 spiro atoms. The van der Waals surface area contributed by atoms with E-state index in [1.54, 1.807) is 6.92 Å². The fourth-order valence-corrected chi connectivity index (χ4v) is 1.37. The highest BCUT2D eigenvalue weighted by Gasteiger charge is 2.23. The van der Waals surface area contributed by atoms with Crippen LogP contribution in [0, 0.1) is 0 Å². The SMILES string of the molecule is CCOC(=O)[C@H](CS)NC(=O)[C@H](N)CCC(N)=O. The number of hydrogen-bond donors (Lipinski definition) is 4. The molecule has 5 N–H and O–H groups in total. The van der Waals surface area contributed by atoms with Crippen LogP contribution in [0.5, 0.6) is 0 Å². The third-order valence-corrected chi connectivity index (χ3v) is 2.47. The molecular formula is C10H19N3O4S. The van der Waals surface area contributed by atoms with Crippen molar-refractivity contribution in [1.29, 1.82) is 0 Å². The van der Waals surface area contributed by atoms with Gasteiger partial charge in [0.2, 0.25) is 11.8 Å². The Balaban J connectivity index is 4.25. The zero-order valence-electron chi connectivity index (χ0n) is 10.2. The van der Waals surface area contributed by atoms with Crippen LogP contribution in [0.2, 0.25) is 0 Å². The zero-order valence-corrected chi connectivity index (χ0v) is 11.1. The fraction of sp³-hybridized carbons (Fsp3) is 0.700. The van der Waals surface area contributed by atoms with Gasteiger partial charge < -0.3 is 21.5 Å². The van der Waals surface area contributed by atoms with Crippen LogP contribution < -0.4 is 16.8 Å². The standard InChI is InChI=1S/C10H19N3O4S/c1-2-17-10(16)7(5-18)13-9(15)6(11)3-4-8(12)14/h6-7,18H,2-5,11H2,1H3,(H2,12,14)(H,13,15)/t6-,7+/m1/s1. The Morgan fingerprint density at radius 1 is 1.39 bits per heavy atom. The van der Waals surface area contributed by atoms with Crippen molar-refractivity contribution < 1.29 is 19.1 Å². The van der Waals surface area contributed by atoms with Gasteiger partial charge >= 0.3 is 5.97 Å². The van der Waals surface area contributed by atoms with E-state index in [2.05, 4.69) is 17.9 Å². The van der Waals surface area contributed by atoms with Gasteiger partial charge in [0.15, 0.2) is 0 Å². The molecule has 0 saturated carbocycles. The van der Waals surface area contributed by atoms with Crippen LogP contribution in [0.4, 0.5) is 0 Å². The summed E-state index contributed by atoms with van der Waals surface area (Å²) in [6, 6.07) is -1.74. The molecule has 0 aromatic carbocycles. The summed E-state index contributed by atoms with van der Waals surface area (Å²) >= 11 is 3.95. The molecule has 0 aliphatic carbocycles. The maximum Gasteiger partial charge on any atom is 0.329 e. The molecule has 7 nitrogen and oxygen atoms in total. The Morgan fingerprint density at radius 3 is 2.44 bits per heavy atom. The van der Waals surface area contributed by atoms with E-state index in [-0.39, 0.29) is 25.2 Å². The number of nitrogens with one attached hydrogen (secondary N) is 1. The first-order valence-corrected chi connectivity index (χ1v) is 6.17. The predicted octanol–water partition coefficient (Wildman–Crippen LogP) is -1.44. The molecule has 0 unspecified atom stereocenters. The average Bonchev–Trinajstić information content (AvgIpc) is 2.32. The predicted molar refractivity (Wildman–Crippen MR) is 68.8 cm³/mol. The molecule has 104 valence electrons. The third kappa shape index (κ3) is 6.45. The number of ether oxygens (including phenoxy) is 1. The number of carbonyl (C=O) groups is 3. The van der Waals surface area contributed by atoms with Crippen LogP contribution >= 0.6 is 12.6 Å². The van der Waals surface area contributed by atoms with Crippen molar-refractivity contribution in [3.8, 4) is 0 Å². The van der Waals surface area contributed by atoms with Crippen LogP contribution in [0.15, 0.2) is 0 Å². The maximum atomic E-state index is 11.6. The molecular weight excluding hydrogens is 258 g/mol. The molecule has 18 heavy (non-hydrogen) atoms. The molecule has 0 aromatic rings.